The van der Waals surface area contributed by atoms with Crippen LogP contribution in [-0.2, 0) is 6.18 Å². The third-order valence-electron chi connectivity index (χ3n) is 3.02. The molecule has 0 unspecified atom stereocenters. The molecule has 21 heavy (non-hydrogen) atoms. The Bertz CT molecular complexity index is 636. The number of para-hydroxylation sites is 2. The first-order valence-electron chi connectivity index (χ1n) is 6.29. The number of alkyl halides is 3. The van der Waals surface area contributed by atoms with Gasteiger partial charge in [-0.3, -0.25) is 0 Å². The van der Waals surface area contributed by atoms with E-state index in [9.17, 15) is 13.2 Å². The van der Waals surface area contributed by atoms with Crippen LogP contribution in [0.1, 0.15) is 5.56 Å². The van der Waals surface area contributed by atoms with Crippen molar-refractivity contribution in [3.8, 4) is 0 Å². The number of hydrogen-bond acceptors (Lipinski definition) is 3. The number of anilines is 4. The average Bonchev–Trinajstić information content (AvgIpc) is 2.40. The average molecular weight is 295 g/mol. The van der Waals surface area contributed by atoms with E-state index in [-0.39, 0.29) is 5.69 Å². The number of rotatable bonds is 3. The summed E-state index contributed by atoms with van der Waals surface area (Å²) in [4.78, 5) is 1.88. The predicted octanol–water partition coefficient (Wildman–Crippen LogP) is 4.10. The zero-order valence-corrected chi connectivity index (χ0v) is 11.7. The van der Waals surface area contributed by atoms with Crippen LogP contribution >= 0.6 is 0 Å². The van der Waals surface area contributed by atoms with Crippen LogP contribution in [-0.4, -0.2) is 14.1 Å². The van der Waals surface area contributed by atoms with Crippen LogP contribution in [0, 0.1) is 0 Å². The third-order valence-corrected chi connectivity index (χ3v) is 3.02. The Morgan fingerprint density at radius 3 is 2.33 bits per heavy atom. The molecule has 2 aromatic rings. The summed E-state index contributed by atoms with van der Waals surface area (Å²) in [5.74, 6) is 0. The van der Waals surface area contributed by atoms with E-state index in [0.717, 1.165) is 17.4 Å². The quantitative estimate of drug-likeness (QED) is 0.838. The van der Waals surface area contributed by atoms with Gasteiger partial charge in [0.1, 0.15) is 0 Å². The number of nitrogens with two attached hydrogens (primary N) is 1. The lowest BCUT2D eigenvalue weighted by molar-refractivity contribution is -0.136. The minimum Gasteiger partial charge on any atom is -0.398 e. The maximum Gasteiger partial charge on any atom is 0.418 e. The number of benzene rings is 2. The largest absolute Gasteiger partial charge is 0.418 e. The monoisotopic (exact) mass is 295 g/mol. The number of nitrogens with one attached hydrogen (secondary N) is 1. The number of halogens is 3. The number of hydrogen-bond donors (Lipinski definition) is 2. The van der Waals surface area contributed by atoms with Crippen LogP contribution < -0.4 is 16.0 Å². The Hall–Kier alpha value is -2.37. The summed E-state index contributed by atoms with van der Waals surface area (Å²) < 4.78 is 38.6. The Morgan fingerprint density at radius 2 is 1.71 bits per heavy atom. The molecule has 0 saturated carbocycles. The van der Waals surface area contributed by atoms with Crippen LogP contribution in [0.5, 0.6) is 0 Å². The minimum absolute atomic E-state index is 0.283. The molecule has 0 aliphatic heterocycles. The molecule has 0 heterocycles. The third kappa shape index (κ3) is 3.39. The summed E-state index contributed by atoms with van der Waals surface area (Å²) in [5.41, 5.74) is 6.21. The zero-order valence-electron chi connectivity index (χ0n) is 11.7. The molecule has 0 atom stereocenters. The first-order valence-corrected chi connectivity index (χ1v) is 6.29. The molecule has 2 aromatic carbocycles. The van der Waals surface area contributed by atoms with E-state index < -0.39 is 11.7 Å². The van der Waals surface area contributed by atoms with Crippen molar-refractivity contribution < 1.29 is 13.2 Å². The van der Waals surface area contributed by atoms with Crippen LogP contribution in [0.2, 0.25) is 0 Å². The van der Waals surface area contributed by atoms with Gasteiger partial charge in [-0.15, -0.1) is 0 Å². The van der Waals surface area contributed by atoms with Crippen molar-refractivity contribution in [2.45, 2.75) is 6.18 Å². The standard InChI is InChI=1S/C15H16F3N3/c1-21(2)14-6-4-3-5-13(14)20-10-7-8-12(19)11(9-10)15(16,17)18/h3-9,20H,19H2,1-2H3. The van der Waals surface area contributed by atoms with E-state index in [2.05, 4.69) is 5.32 Å². The Balaban J connectivity index is 2.37. The molecular formula is C15H16F3N3. The maximum absolute atomic E-state index is 12.9. The normalized spacial score (nSPS) is 11.3. The molecule has 0 saturated heterocycles. The summed E-state index contributed by atoms with van der Waals surface area (Å²) in [6.07, 6.45) is -4.47. The molecule has 0 amide bonds. The van der Waals surface area contributed by atoms with Gasteiger partial charge >= 0.3 is 6.18 Å². The highest BCUT2D eigenvalue weighted by atomic mass is 19.4. The van der Waals surface area contributed by atoms with Gasteiger partial charge < -0.3 is 16.0 Å². The van der Waals surface area contributed by atoms with Gasteiger partial charge in [-0.1, -0.05) is 12.1 Å². The fourth-order valence-electron chi connectivity index (χ4n) is 2.00. The lowest BCUT2D eigenvalue weighted by atomic mass is 10.1. The van der Waals surface area contributed by atoms with E-state index in [1.807, 2.05) is 37.2 Å². The van der Waals surface area contributed by atoms with Crippen molar-refractivity contribution in [1.82, 2.24) is 0 Å². The van der Waals surface area contributed by atoms with E-state index in [0.29, 0.717) is 5.69 Å². The summed E-state index contributed by atoms with van der Waals surface area (Å²) in [6.45, 7) is 0. The van der Waals surface area contributed by atoms with Crippen LogP contribution in [0.3, 0.4) is 0 Å². The first kappa shape index (κ1) is 15.0. The van der Waals surface area contributed by atoms with E-state index >= 15 is 0 Å². The second kappa shape index (κ2) is 5.55. The summed E-state index contributed by atoms with van der Waals surface area (Å²) in [7, 11) is 3.73. The van der Waals surface area contributed by atoms with E-state index in [4.69, 9.17) is 5.73 Å². The molecule has 3 N–H and O–H groups in total. The second-order valence-electron chi connectivity index (χ2n) is 4.84. The lowest BCUT2D eigenvalue weighted by Gasteiger charge is -2.19. The van der Waals surface area contributed by atoms with Crippen LogP contribution in [0.15, 0.2) is 42.5 Å². The molecule has 0 aromatic heterocycles. The number of nitrogen functional groups attached to an aromatic ring is 1. The minimum atomic E-state index is -4.47. The highest BCUT2D eigenvalue weighted by molar-refractivity contribution is 5.75. The van der Waals surface area contributed by atoms with Gasteiger partial charge in [-0.25, -0.2) is 0 Å². The predicted molar refractivity (Wildman–Crippen MR) is 79.9 cm³/mol. The van der Waals surface area contributed by atoms with Crippen molar-refractivity contribution in [3.63, 3.8) is 0 Å². The molecule has 0 spiro atoms. The summed E-state index contributed by atoms with van der Waals surface area (Å²) in [6, 6.07) is 11.2. The van der Waals surface area contributed by atoms with Gasteiger partial charge in [-0.2, -0.15) is 13.2 Å². The molecule has 0 bridgehead atoms. The topological polar surface area (TPSA) is 41.3 Å². The number of nitrogens with zero attached hydrogens (tertiary/aromatic N) is 1. The Kier molecular flexibility index (Phi) is 3.97. The van der Waals surface area contributed by atoms with E-state index in [1.54, 1.807) is 6.07 Å². The van der Waals surface area contributed by atoms with Gasteiger partial charge in [0.2, 0.25) is 0 Å². The Labute approximate surface area is 121 Å². The molecule has 0 aliphatic rings. The lowest BCUT2D eigenvalue weighted by Crippen LogP contribution is -2.11. The summed E-state index contributed by atoms with van der Waals surface area (Å²) >= 11 is 0. The Morgan fingerprint density at radius 1 is 1.05 bits per heavy atom. The second-order valence-corrected chi connectivity index (χ2v) is 4.84. The van der Waals surface area contributed by atoms with Crippen molar-refractivity contribution in [3.05, 3.63) is 48.0 Å². The highest BCUT2D eigenvalue weighted by Gasteiger charge is 2.33. The van der Waals surface area contributed by atoms with Crippen molar-refractivity contribution in [2.24, 2.45) is 0 Å². The molecule has 0 radical (unpaired) electrons. The molecule has 6 heteroatoms. The zero-order chi connectivity index (χ0) is 15.6. The molecular weight excluding hydrogens is 279 g/mol. The van der Waals surface area contributed by atoms with Crippen molar-refractivity contribution in [1.29, 1.82) is 0 Å². The fourth-order valence-corrected chi connectivity index (χ4v) is 2.00. The first-order chi connectivity index (χ1) is 9.79. The molecule has 112 valence electrons. The van der Waals surface area contributed by atoms with Crippen molar-refractivity contribution in [2.75, 3.05) is 30.0 Å². The van der Waals surface area contributed by atoms with Gasteiger partial charge in [0.15, 0.2) is 0 Å². The highest BCUT2D eigenvalue weighted by Crippen LogP contribution is 2.36. The summed E-state index contributed by atoms with van der Waals surface area (Å²) in [5, 5.41) is 3.00. The molecule has 2 rings (SSSR count). The van der Waals surface area contributed by atoms with Crippen LogP contribution in [0.25, 0.3) is 0 Å². The molecule has 3 nitrogen and oxygen atoms in total. The van der Waals surface area contributed by atoms with Gasteiger partial charge in [0.05, 0.1) is 16.9 Å². The smallest absolute Gasteiger partial charge is 0.398 e. The van der Waals surface area contributed by atoms with E-state index in [1.165, 1.54) is 12.1 Å². The van der Waals surface area contributed by atoms with Gasteiger partial charge in [0, 0.05) is 25.5 Å². The van der Waals surface area contributed by atoms with Gasteiger partial charge in [0.25, 0.3) is 0 Å². The van der Waals surface area contributed by atoms with Crippen molar-refractivity contribution >= 4 is 22.7 Å². The molecule has 0 aliphatic carbocycles. The van der Waals surface area contributed by atoms with Crippen LogP contribution in [0.4, 0.5) is 35.9 Å². The fraction of sp³-hybridized carbons (Fsp3) is 0.200. The van der Waals surface area contributed by atoms with Gasteiger partial charge in [-0.05, 0) is 30.3 Å². The maximum atomic E-state index is 12.9. The molecule has 0 fully saturated rings. The SMILES string of the molecule is CN(C)c1ccccc1Nc1ccc(N)c(C(F)(F)F)c1.